The third-order valence-electron chi connectivity index (χ3n) is 4.28. The van der Waals surface area contributed by atoms with Crippen LogP contribution in [0.15, 0.2) is 42.6 Å². The summed E-state index contributed by atoms with van der Waals surface area (Å²) in [7, 11) is 0. The molecule has 0 saturated carbocycles. The summed E-state index contributed by atoms with van der Waals surface area (Å²) < 4.78 is 26.4. The SMILES string of the molecule is Cc1nc(Nc2ccc(F)c(F)c2)cccc(C2CCNCC2)c[nH]1. The van der Waals surface area contributed by atoms with Crippen molar-refractivity contribution in [3.8, 4) is 0 Å². The predicted molar refractivity (Wildman–Crippen MR) is 95.4 cm³/mol. The van der Waals surface area contributed by atoms with Crippen molar-refractivity contribution in [2.75, 3.05) is 18.4 Å². The van der Waals surface area contributed by atoms with Gasteiger partial charge in [-0.15, -0.1) is 0 Å². The van der Waals surface area contributed by atoms with Crippen LogP contribution in [0.5, 0.6) is 0 Å². The van der Waals surface area contributed by atoms with Crippen molar-refractivity contribution in [1.29, 1.82) is 0 Å². The fourth-order valence-corrected chi connectivity index (χ4v) is 2.94. The summed E-state index contributed by atoms with van der Waals surface area (Å²) in [6.45, 7) is 3.92. The largest absolute Gasteiger partial charge is 0.350 e. The Morgan fingerprint density at radius 2 is 1.88 bits per heavy atom. The van der Waals surface area contributed by atoms with Crippen LogP contribution in [0.1, 0.15) is 30.1 Å². The number of nitrogens with one attached hydrogen (secondary N) is 3. The van der Waals surface area contributed by atoms with Crippen LogP contribution in [0.4, 0.5) is 20.3 Å². The second kappa shape index (κ2) is 8.07. The summed E-state index contributed by atoms with van der Waals surface area (Å²) in [6.07, 6.45) is 4.22. The number of nitrogens with zero attached hydrogens (tertiary/aromatic N) is 1. The molecule has 0 unspecified atom stereocenters. The Hall–Kier alpha value is -2.47. The van der Waals surface area contributed by atoms with E-state index in [1.54, 1.807) is 0 Å². The lowest BCUT2D eigenvalue weighted by atomic mass is 9.92. The number of aryl methyl sites for hydroxylation is 1. The minimum atomic E-state index is -0.891. The topological polar surface area (TPSA) is 52.7 Å². The van der Waals surface area contributed by atoms with Gasteiger partial charge in [-0.1, -0.05) is 12.1 Å². The molecule has 0 bridgehead atoms. The molecule has 4 nitrogen and oxygen atoms in total. The zero-order valence-corrected chi connectivity index (χ0v) is 14.2. The van der Waals surface area contributed by atoms with E-state index in [9.17, 15) is 8.78 Å². The lowest BCUT2D eigenvalue weighted by molar-refractivity contribution is 0.460. The van der Waals surface area contributed by atoms with Gasteiger partial charge < -0.3 is 15.6 Å². The van der Waals surface area contributed by atoms with E-state index in [2.05, 4.69) is 26.7 Å². The van der Waals surface area contributed by atoms with E-state index < -0.39 is 11.6 Å². The Balaban J connectivity index is 1.88. The van der Waals surface area contributed by atoms with Crippen LogP contribution in [-0.2, 0) is 0 Å². The van der Waals surface area contributed by atoms with Crippen LogP contribution in [0.25, 0.3) is 0 Å². The highest BCUT2D eigenvalue weighted by Gasteiger charge is 2.14. The lowest BCUT2D eigenvalue weighted by Gasteiger charge is -2.22. The van der Waals surface area contributed by atoms with E-state index in [4.69, 9.17) is 0 Å². The Kier molecular flexibility index (Phi) is 5.60. The number of benzene rings is 1. The molecule has 1 aromatic heterocycles. The molecule has 132 valence electrons. The average Bonchev–Trinajstić information content (AvgIpc) is 2.69. The van der Waals surface area contributed by atoms with Crippen LogP contribution in [0, 0.1) is 18.6 Å². The molecule has 3 N–H and O–H groups in total. The molecule has 2 heterocycles. The molecule has 1 fully saturated rings. The summed E-state index contributed by atoms with van der Waals surface area (Å²) in [4.78, 5) is 7.66. The maximum Gasteiger partial charge on any atom is 0.160 e. The summed E-state index contributed by atoms with van der Waals surface area (Å²) in [5.41, 5.74) is 1.68. The van der Waals surface area contributed by atoms with Gasteiger partial charge in [0, 0.05) is 18.0 Å². The van der Waals surface area contributed by atoms with Crippen molar-refractivity contribution >= 4 is 11.5 Å². The maximum absolute atomic E-state index is 13.4. The Morgan fingerprint density at radius 1 is 1.08 bits per heavy atom. The van der Waals surface area contributed by atoms with Gasteiger partial charge in [0.05, 0.1) is 0 Å². The molecule has 1 aliphatic heterocycles. The van der Waals surface area contributed by atoms with Crippen LogP contribution >= 0.6 is 0 Å². The first-order chi connectivity index (χ1) is 12.1. The summed E-state index contributed by atoms with van der Waals surface area (Å²) >= 11 is 0. The normalized spacial score (nSPS) is 14.8. The van der Waals surface area contributed by atoms with Gasteiger partial charge >= 0.3 is 0 Å². The monoisotopic (exact) mass is 344 g/mol. The van der Waals surface area contributed by atoms with Gasteiger partial charge in [0.25, 0.3) is 0 Å². The number of hydrogen-bond donors (Lipinski definition) is 3. The van der Waals surface area contributed by atoms with Crippen LogP contribution in [-0.4, -0.2) is 23.1 Å². The summed E-state index contributed by atoms with van der Waals surface area (Å²) in [5.74, 6) is 0.0274. The Morgan fingerprint density at radius 3 is 2.64 bits per heavy atom. The molecule has 0 amide bonds. The summed E-state index contributed by atoms with van der Waals surface area (Å²) in [6, 6.07) is 9.52. The number of anilines is 2. The first-order valence-electron chi connectivity index (χ1n) is 8.45. The van der Waals surface area contributed by atoms with Crippen LogP contribution < -0.4 is 10.6 Å². The Bertz CT molecular complexity index is 781. The third kappa shape index (κ3) is 4.76. The highest BCUT2D eigenvalue weighted by Crippen LogP contribution is 2.24. The number of aromatic nitrogens is 2. The quantitative estimate of drug-likeness (QED) is 0.777. The molecule has 2 aromatic rings. The van der Waals surface area contributed by atoms with Crippen molar-refractivity contribution in [1.82, 2.24) is 15.3 Å². The van der Waals surface area contributed by atoms with E-state index in [0.29, 0.717) is 17.4 Å². The fraction of sp³-hybridized carbons (Fsp3) is 0.316. The van der Waals surface area contributed by atoms with Gasteiger partial charge in [0.2, 0.25) is 0 Å². The average molecular weight is 344 g/mol. The molecule has 1 aliphatic rings. The van der Waals surface area contributed by atoms with Gasteiger partial charge in [-0.25, -0.2) is 13.8 Å². The van der Waals surface area contributed by atoms with Crippen molar-refractivity contribution < 1.29 is 8.78 Å². The smallest absolute Gasteiger partial charge is 0.160 e. The van der Waals surface area contributed by atoms with E-state index in [-0.39, 0.29) is 0 Å². The van der Waals surface area contributed by atoms with Crippen molar-refractivity contribution in [3.05, 3.63) is 65.6 Å². The predicted octanol–water partition coefficient (Wildman–Crippen LogP) is 4.33. The number of hydrogen-bond acceptors (Lipinski definition) is 3. The van der Waals surface area contributed by atoms with Crippen LogP contribution in [0.2, 0.25) is 0 Å². The van der Waals surface area contributed by atoms with Crippen molar-refractivity contribution in [2.24, 2.45) is 0 Å². The highest BCUT2D eigenvalue weighted by atomic mass is 19.2. The third-order valence-corrected chi connectivity index (χ3v) is 4.28. The molecule has 6 heteroatoms. The fourth-order valence-electron chi connectivity index (χ4n) is 2.94. The highest BCUT2D eigenvalue weighted by molar-refractivity contribution is 5.55. The number of piperidine rings is 1. The molecular weight excluding hydrogens is 322 g/mol. The first-order valence-corrected chi connectivity index (χ1v) is 8.45. The minimum Gasteiger partial charge on any atom is -0.350 e. The Labute approximate surface area is 146 Å². The van der Waals surface area contributed by atoms with Gasteiger partial charge in [0.1, 0.15) is 11.6 Å². The second-order valence-corrected chi connectivity index (χ2v) is 6.18. The molecule has 0 atom stereocenters. The molecule has 0 spiro atoms. The first kappa shape index (κ1) is 17.4. The van der Waals surface area contributed by atoms with Gasteiger partial charge in [-0.2, -0.15) is 0 Å². The van der Waals surface area contributed by atoms with Crippen LogP contribution in [0.3, 0.4) is 0 Å². The minimum absolute atomic E-state index is 0.445. The standard InChI is InChI=1S/C19H22F2N4/c1-13-23-12-15(14-7-9-22-10-8-14)3-2-4-19(24-13)25-16-5-6-17(20)18(21)11-16/h2-6,11-12,14,22,25H,7-10H2,1H3,(H,23,24). The van der Waals surface area contributed by atoms with E-state index in [1.165, 1.54) is 11.6 Å². The van der Waals surface area contributed by atoms with Crippen molar-refractivity contribution in [3.63, 3.8) is 0 Å². The molecule has 0 radical (unpaired) electrons. The van der Waals surface area contributed by atoms with Crippen molar-refractivity contribution in [2.45, 2.75) is 25.7 Å². The maximum atomic E-state index is 13.4. The number of H-pyrrole nitrogens is 1. The molecule has 1 saturated heterocycles. The van der Waals surface area contributed by atoms with Gasteiger partial charge in [0.15, 0.2) is 11.6 Å². The van der Waals surface area contributed by atoms with E-state index in [0.717, 1.165) is 43.9 Å². The van der Waals surface area contributed by atoms with Gasteiger partial charge in [-0.3, -0.25) is 0 Å². The van der Waals surface area contributed by atoms with E-state index in [1.807, 2.05) is 25.3 Å². The molecule has 1 aromatic carbocycles. The van der Waals surface area contributed by atoms with Gasteiger partial charge in [-0.05, 0) is 62.5 Å². The number of aromatic amines is 1. The number of halogens is 2. The molecular formula is C19H22F2N4. The lowest BCUT2D eigenvalue weighted by Crippen LogP contribution is -2.26. The molecule has 3 rings (SSSR count). The summed E-state index contributed by atoms with van der Waals surface area (Å²) in [5, 5.41) is 6.38. The van der Waals surface area contributed by atoms with E-state index >= 15 is 0 Å². The molecule has 0 aliphatic carbocycles. The molecule has 25 heavy (non-hydrogen) atoms. The number of rotatable bonds is 3. The zero-order valence-electron chi connectivity index (χ0n) is 14.2. The second-order valence-electron chi connectivity index (χ2n) is 6.18. The zero-order chi connectivity index (χ0) is 17.6.